The van der Waals surface area contributed by atoms with Gasteiger partial charge in [0.25, 0.3) is 0 Å². The predicted octanol–water partition coefficient (Wildman–Crippen LogP) is 2.31. The van der Waals surface area contributed by atoms with E-state index in [2.05, 4.69) is 36.1 Å². The number of aromatic nitrogens is 3. The lowest BCUT2D eigenvalue weighted by Gasteiger charge is -2.31. The summed E-state index contributed by atoms with van der Waals surface area (Å²) in [4.78, 5) is 11.8. The molecule has 6 heteroatoms. The molecule has 0 atom stereocenters. The van der Waals surface area contributed by atoms with Gasteiger partial charge in [-0.1, -0.05) is 39.5 Å². The van der Waals surface area contributed by atoms with E-state index in [1.807, 2.05) is 27.1 Å². The highest BCUT2D eigenvalue weighted by Crippen LogP contribution is 2.36. The topological polar surface area (TPSA) is 69.0 Å². The van der Waals surface area contributed by atoms with Crippen molar-refractivity contribution in [1.82, 2.24) is 20.3 Å². The molecule has 1 aromatic rings. The highest BCUT2D eigenvalue weighted by molar-refractivity contribution is 5.81. The van der Waals surface area contributed by atoms with Crippen LogP contribution in [0.25, 0.3) is 0 Å². The molecule has 23 heavy (non-hydrogen) atoms. The van der Waals surface area contributed by atoms with Crippen molar-refractivity contribution in [1.29, 1.82) is 0 Å². The van der Waals surface area contributed by atoms with Gasteiger partial charge in [0.2, 0.25) is 0 Å². The second-order valence-electron chi connectivity index (χ2n) is 7.29. The first kappa shape index (κ1) is 19.4. The van der Waals surface area contributed by atoms with Crippen molar-refractivity contribution in [2.24, 2.45) is 5.41 Å². The number of ether oxygens (including phenoxy) is 1. The SMILES string of the molecule is C=C(Cn1cc(C(C)(C)CC(C)(C)C(C)=O)nn1)OCCNC. The Kier molecular flexibility index (Phi) is 6.50. The van der Waals surface area contributed by atoms with E-state index < -0.39 is 0 Å². The Morgan fingerprint density at radius 3 is 2.61 bits per heavy atom. The molecule has 1 heterocycles. The summed E-state index contributed by atoms with van der Waals surface area (Å²) in [5.41, 5.74) is 0.254. The number of carbonyl (C=O) groups excluding carboxylic acids is 1. The second kappa shape index (κ2) is 7.73. The fourth-order valence-corrected chi connectivity index (χ4v) is 2.53. The van der Waals surface area contributed by atoms with Crippen LogP contribution < -0.4 is 5.32 Å². The molecule has 0 fully saturated rings. The summed E-state index contributed by atoms with van der Waals surface area (Å²) in [6.07, 6.45) is 2.62. The van der Waals surface area contributed by atoms with E-state index in [0.29, 0.717) is 25.3 Å². The third-order valence-corrected chi connectivity index (χ3v) is 4.07. The number of nitrogens with zero attached hydrogens (tertiary/aromatic N) is 3. The molecular formula is C17H30N4O2. The molecule has 0 saturated heterocycles. The minimum absolute atomic E-state index is 0.185. The summed E-state index contributed by atoms with van der Waals surface area (Å²) in [6, 6.07) is 0. The van der Waals surface area contributed by atoms with Crippen molar-refractivity contribution >= 4 is 5.78 Å². The number of rotatable bonds is 10. The molecule has 0 bridgehead atoms. The molecule has 0 aliphatic rings. The number of nitrogens with one attached hydrogen (secondary N) is 1. The largest absolute Gasteiger partial charge is 0.495 e. The number of ketones is 1. The lowest BCUT2D eigenvalue weighted by Crippen LogP contribution is -2.31. The van der Waals surface area contributed by atoms with Gasteiger partial charge < -0.3 is 10.1 Å². The molecule has 0 unspecified atom stereocenters. The molecule has 0 radical (unpaired) electrons. The Labute approximate surface area is 139 Å². The molecule has 0 aromatic carbocycles. The number of hydrogen-bond donors (Lipinski definition) is 1. The van der Waals surface area contributed by atoms with Crippen LogP contribution in [0.3, 0.4) is 0 Å². The molecule has 0 spiro atoms. The second-order valence-corrected chi connectivity index (χ2v) is 7.29. The van der Waals surface area contributed by atoms with Gasteiger partial charge in [0.05, 0.1) is 12.2 Å². The molecule has 1 rings (SSSR count). The Morgan fingerprint density at radius 1 is 1.39 bits per heavy atom. The van der Waals surface area contributed by atoms with E-state index in [4.69, 9.17) is 4.74 Å². The van der Waals surface area contributed by atoms with Gasteiger partial charge in [0.15, 0.2) is 0 Å². The number of hydrogen-bond acceptors (Lipinski definition) is 5. The minimum Gasteiger partial charge on any atom is -0.495 e. The summed E-state index contributed by atoms with van der Waals surface area (Å²) in [5.74, 6) is 0.836. The first-order valence-electron chi connectivity index (χ1n) is 7.95. The van der Waals surface area contributed by atoms with Crippen molar-refractivity contribution in [2.75, 3.05) is 20.2 Å². The maximum Gasteiger partial charge on any atom is 0.135 e. The van der Waals surface area contributed by atoms with E-state index in [9.17, 15) is 4.79 Å². The van der Waals surface area contributed by atoms with Crippen molar-refractivity contribution < 1.29 is 9.53 Å². The minimum atomic E-state index is -0.382. The zero-order valence-electron chi connectivity index (χ0n) is 15.3. The van der Waals surface area contributed by atoms with Crippen LogP contribution in [0.2, 0.25) is 0 Å². The number of allylic oxidation sites excluding steroid dienone is 1. The number of Topliss-reactive ketones (excluding diaryl/α,β-unsaturated/α-hetero) is 1. The van der Waals surface area contributed by atoms with Crippen LogP contribution in [0.1, 0.15) is 46.7 Å². The first-order chi connectivity index (χ1) is 10.6. The lowest BCUT2D eigenvalue weighted by molar-refractivity contribution is -0.125. The molecule has 130 valence electrons. The Hall–Kier alpha value is -1.69. The van der Waals surface area contributed by atoms with Gasteiger partial charge in [0, 0.05) is 23.6 Å². The zero-order chi connectivity index (χ0) is 17.7. The lowest BCUT2D eigenvalue weighted by atomic mass is 9.72. The third-order valence-electron chi connectivity index (χ3n) is 4.07. The van der Waals surface area contributed by atoms with Crippen molar-refractivity contribution in [3.8, 4) is 0 Å². The standard InChI is InChI=1S/C17H30N4O2/c1-13(23-9-8-18-7)10-21-11-15(19-20-21)17(5,6)12-16(3,4)14(2)22/h11,18H,1,8-10,12H2,2-7H3. The van der Waals surface area contributed by atoms with E-state index in [-0.39, 0.29) is 16.6 Å². The Morgan fingerprint density at radius 2 is 2.04 bits per heavy atom. The summed E-state index contributed by atoms with van der Waals surface area (Å²) < 4.78 is 7.22. The fraction of sp³-hybridized carbons (Fsp3) is 0.706. The summed E-state index contributed by atoms with van der Waals surface area (Å²) in [6.45, 7) is 15.5. The van der Waals surface area contributed by atoms with Gasteiger partial charge in [-0.2, -0.15) is 0 Å². The van der Waals surface area contributed by atoms with Gasteiger partial charge >= 0.3 is 0 Å². The molecule has 0 saturated carbocycles. The van der Waals surface area contributed by atoms with E-state index in [1.54, 1.807) is 11.6 Å². The average molecular weight is 322 g/mol. The fourth-order valence-electron chi connectivity index (χ4n) is 2.53. The monoisotopic (exact) mass is 322 g/mol. The highest BCUT2D eigenvalue weighted by atomic mass is 16.5. The van der Waals surface area contributed by atoms with Crippen LogP contribution in [0.15, 0.2) is 18.5 Å². The van der Waals surface area contributed by atoms with Crippen LogP contribution in [-0.2, 0) is 21.5 Å². The zero-order valence-corrected chi connectivity index (χ0v) is 15.3. The molecule has 0 aliphatic heterocycles. The van der Waals surface area contributed by atoms with Gasteiger partial charge in [-0.05, 0) is 20.4 Å². The van der Waals surface area contributed by atoms with Crippen LogP contribution in [0.4, 0.5) is 0 Å². The summed E-state index contributed by atoms with van der Waals surface area (Å²) >= 11 is 0. The van der Waals surface area contributed by atoms with Crippen molar-refractivity contribution in [3.05, 3.63) is 24.2 Å². The summed E-state index contributed by atoms with van der Waals surface area (Å²) in [5, 5.41) is 11.4. The Balaban J connectivity index is 2.71. The third kappa shape index (κ3) is 5.78. The molecule has 0 aliphatic carbocycles. The van der Waals surface area contributed by atoms with Gasteiger partial charge in [-0.15, -0.1) is 5.10 Å². The molecule has 0 amide bonds. The smallest absolute Gasteiger partial charge is 0.135 e. The normalized spacial score (nSPS) is 12.3. The van der Waals surface area contributed by atoms with Gasteiger partial charge in [0.1, 0.15) is 18.1 Å². The van der Waals surface area contributed by atoms with Gasteiger partial charge in [-0.3, -0.25) is 4.79 Å². The first-order valence-corrected chi connectivity index (χ1v) is 7.95. The van der Waals surface area contributed by atoms with Crippen LogP contribution in [-0.4, -0.2) is 41.0 Å². The molecule has 1 aromatic heterocycles. The van der Waals surface area contributed by atoms with Crippen LogP contribution in [0, 0.1) is 5.41 Å². The molecule has 1 N–H and O–H groups in total. The van der Waals surface area contributed by atoms with E-state index >= 15 is 0 Å². The number of likely N-dealkylation sites (N-methyl/N-ethyl adjacent to an activating group) is 1. The maximum absolute atomic E-state index is 11.8. The predicted molar refractivity (Wildman–Crippen MR) is 91.1 cm³/mol. The van der Waals surface area contributed by atoms with E-state index in [0.717, 1.165) is 12.2 Å². The summed E-state index contributed by atoms with van der Waals surface area (Å²) in [7, 11) is 1.88. The molecular weight excluding hydrogens is 292 g/mol. The Bertz CT molecular complexity index is 547. The quantitative estimate of drug-likeness (QED) is 0.529. The van der Waals surface area contributed by atoms with Crippen molar-refractivity contribution in [3.63, 3.8) is 0 Å². The van der Waals surface area contributed by atoms with Crippen molar-refractivity contribution in [2.45, 2.75) is 53.0 Å². The van der Waals surface area contributed by atoms with E-state index in [1.165, 1.54) is 0 Å². The maximum atomic E-state index is 11.8. The highest BCUT2D eigenvalue weighted by Gasteiger charge is 2.35. The average Bonchev–Trinajstić information content (AvgIpc) is 2.87. The van der Waals surface area contributed by atoms with Gasteiger partial charge in [-0.25, -0.2) is 4.68 Å². The van der Waals surface area contributed by atoms with Crippen LogP contribution >= 0.6 is 0 Å². The molecule has 6 nitrogen and oxygen atoms in total. The van der Waals surface area contributed by atoms with Crippen LogP contribution in [0.5, 0.6) is 0 Å². The number of carbonyl (C=O) groups is 1.